The van der Waals surface area contributed by atoms with E-state index < -0.39 is 29.6 Å². The zero-order valence-corrected chi connectivity index (χ0v) is 19.3. The fourth-order valence-electron chi connectivity index (χ4n) is 5.07. The van der Waals surface area contributed by atoms with Crippen LogP contribution in [0.5, 0.6) is 0 Å². The number of fused-ring (bicyclic) bond motifs is 3. The molecule has 2 aromatic rings. The summed E-state index contributed by atoms with van der Waals surface area (Å²) in [7, 11) is 0. The third-order valence-corrected chi connectivity index (χ3v) is 7.44. The Morgan fingerprint density at radius 3 is 2.12 bits per heavy atom. The van der Waals surface area contributed by atoms with Crippen LogP contribution in [0.4, 0.5) is 4.79 Å². The van der Waals surface area contributed by atoms with Gasteiger partial charge >= 0.3 is 12.1 Å². The quantitative estimate of drug-likeness (QED) is 0.521. The molecule has 0 aliphatic heterocycles. The molecule has 7 nitrogen and oxygen atoms in total. The van der Waals surface area contributed by atoms with E-state index >= 15 is 0 Å². The number of hydrogen-bond acceptors (Lipinski definition) is 4. The maximum Gasteiger partial charge on any atom is 0.408 e. The number of carboxylic acid groups (broad SMARTS) is 1. The third-order valence-electron chi connectivity index (χ3n) is 7.44. The molecule has 0 bridgehead atoms. The monoisotopic (exact) mass is 462 g/mol. The van der Waals surface area contributed by atoms with E-state index in [2.05, 4.69) is 34.9 Å². The second-order valence-electron chi connectivity index (χ2n) is 9.97. The minimum Gasteiger partial charge on any atom is -0.480 e. The van der Waals surface area contributed by atoms with Crippen molar-refractivity contribution < 1.29 is 24.2 Å². The van der Waals surface area contributed by atoms with Gasteiger partial charge in [-0.25, -0.2) is 9.59 Å². The molecule has 5 rings (SSSR count). The molecule has 0 aromatic heterocycles. The molecule has 1 unspecified atom stereocenters. The van der Waals surface area contributed by atoms with Crippen LogP contribution in [0.15, 0.2) is 48.5 Å². The lowest BCUT2D eigenvalue weighted by Crippen LogP contribution is -2.61. The molecular weight excluding hydrogens is 432 g/mol. The lowest BCUT2D eigenvalue weighted by molar-refractivity contribution is -0.143. The summed E-state index contributed by atoms with van der Waals surface area (Å²) in [6.45, 7) is 1.82. The highest BCUT2D eigenvalue weighted by atomic mass is 16.5. The molecule has 2 saturated carbocycles. The van der Waals surface area contributed by atoms with E-state index in [4.69, 9.17) is 4.74 Å². The zero-order valence-electron chi connectivity index (χ0n) is 19.3. The molecule has 7 heteroatoms. The van der Waals surface area contributed by atoms with E-state index in [9.17, 15) is 19.5 Å². The van der Waals surface area contributed by atoms with Crippen LogP contribution in [0.2, 0.25) is 0 Å². The van der Waals surface area contributed by atoms with Gasteiger partial charge < -0.3 is 20.5 Å². The molecular formula is C27H30N2O5. The zero-order chi connectivity index (χ0) is 23.9. The summed E-state index contributed by atoms with van der Waals surface area (Å²) >= 11 is 0. The molecule has 0 saturated heterocycles. The number of benzene rings is 2. The van der Waals surface area contributed by atoms with Gasteiger partial charge in [-0.05, 0) is 60.3 Å². The van der Waals surface area contributed by atoms with Crippen molar-refractivity contribution in [2.45, 2.75) is 56.5 Å². The van der Waals surface area contributed by atoms with Crippen LogP contribution in [-0.2, 0) is 14.3 Å². The number of aliphatic carboxylic acids is 1. The van der Waals surface area contributed by atoms with E-state index in [1.54, 1.807) is 6.92 Å². The van der Waals surface area contributed by atoms with Gasteiger partial charge in [0, 0.05) is 5.92 Å². The molecule has 2 fully saturated rings. The summed E-state index contributed by atoms with van der Waals surface area (Å²) in [5, 5.41) is 15.0. The van der Waals surface area contributed by atoms with Gasteiger partial charge in [-0.15, -0.1) is 0 Å². The van der Waals surface area contributed by atoms with Crippen molar-refractivity contribution in [3.05, 3.63) is 59.7 Å². The van der Waals surface area contributed by atoms with Crippen molar-refractivity contribution >= 4 is 18.0 Å². The molecule has 0 spiro atoms. The molecule has 3 aliphatic rings. The molecule has 3 aliphatic carbocycles. The number of carbonyl (C=O) groups excluding carboxylic acids is 2. The summed E-state index contributed by atoms with van der Waals surface area (Å²) < 4.78 is 5.64. The van der Waals surface area contributed by atoms with Gasteiger partial charge in [0.25, 0.3) is 0 Å². The second-order valence-corrected chi connectivity index (χ2v) is 9.97. The first-order valence-electron chi connectivity index (χ1n) is 12.0. The minimum absolute atomic E-state index is 0.0386. The number of rotatable bonds is 9. The van der Waals surface area contributed by atoms with E-state index in [1.165, 1.54) is 0 Å². The Bertz CT molecular complexity index is 1080. The number of carboxylic acids is 1. The van der Waals surface area contributed by atoms with Gasteiger partial charge in [-0.3, -0.25) is 4.79 Å². The van der Waals surface area contributed by atoms with Gasteiger partial charge in [-0.2, -0.15) is 0 Å². The number of amides is 2. The number of nitrogens with one attached hydrogen (secondary N) is 2. The summed E-state index contributed by atoms with van der Waals surface area (Å²) in [5.74, 6) is -1.27. The molecule has 178 valence electrons. The van der Waals surface area contributed by atoms with Gasteiger partial charge in [0.05, 0.1) is 0 Å². The van der Waals surface area contributed by atoms with E-state index in [1.807, 2.05) is 24.3 Å². The number of ether oxygens (including phenoxy) is 1. The Hall–Kier alpha value is -3.35. The van der Waals surface area contributed by atoms with Crippen LogP contribution in [0.1, 0.15) is 56.1 Å². The average molecular weight is 463 g/mol. The van der Waals surface area contributed by atoms with Crippen LogP contribution in [0.25, 0.3) is 11.1 Å². The highest BCUT2D eigenvalue weighted by Crippen LogP contribution is 2.45. The Morgan fingerprint density at radius 2 is 1.59 bits per heavy atom. The predicted molar refractivity (Wildman–Crippen MR) is 126 cm³/mol. The largest absolute Gasteiger partial charge is 0.480 e. The van der Waals surface area contributed by atoms with Crippen molar-refractivity contribution in [2.24, 2.45) is 11.8 Å². The van der Waals surface area contributed by atoms with Crippen LogP contribution < -0.4 is 10.6 Å². The Labute approximate surface area is 198 Å². The normalized spacial score (nSPS) is 19.3. The van der Waals surface area contributed by atoms with Crippen molar-refractivity contribution in [3.8, 4) is 11.1 Å². The lowest BCUT2D eigenvalue weighted by atomic mass is 9.94. The first-order chi connectivity index (χ1) is 16.4. The molecule has 2 amide bonds. The van der Waals surface area contributed by atoms with E-state index in [-0.39, 0.29) is 18.4 Å². The maximum atomic E-state index is 13.1. The fraction of sp³-hybridized carbons (Fsp3) is 0.444. The number of alkyl carbamates (subject to hydrolysis) is 1. The molecule has 0 radical (unpaired) electrons. The highest BCUT2D eigenvalue weighted by molar-refractivity contribution is 5.93. The SMILES string of the molecule is CC(NC(=O)OCC1c2ccccc2-c2ccccc21)(C(=O)N[C@@H](CC1CC1)C(=O)O)C1CC1. The van der Waals surface area contributed by atoms with Crippen molar-refractivity contribution in [1.82, 2.24) is 10.6 Å². The number of hydrogen-bond donors (Lipinski definition) is 3. The van der Waals surface area contributed by atoms with Crippen molar-refractivity contribution in [1.29, 1.82) is 0 Å². The van der Waals surface area contributed by atoms with Gasteiger partial charge in [0.1, 0.15) is 18.2 Å². The third kappa shape index (κ3) is 4.39. The summed E-state index contributed by atoms with van der Waals surface area (Å²) in [6, 6.07) is 15.3. The number of carbonyl (C=O) groups is 3. The Kier molecular flexibility index (Phi) is 5.80. The second kappa shape index (κ2) is 8.78. The Balaban J connectivity index is 1.25. The standard InChI is InChI=1S/C27H30N2O5/c1-27(17-12-13-17,25(32)28-23(24(30)31)14-16-10-11-16)29-26(33)34-15-22-20-8-4-2-6-18(20)19-7-3-5-9-21(19)22/h2-9,16-17,22-23H,10-15H2,1H3,(H,28,32)(H,29,33)(H,30,31)/t23-,27?/m0/s1. The van der Waals surface area contributed by atoms with Gasteiger partial charge in [0.2, 0.25) is 5.91 Å². The van der Waals surface area contributed by atoms with Crippen LogP contribution in [0, 0.1) is 11.8 Å². The molecule has 2 aromatic carbocycles. The highest BCUT2D eigenvalue weighted by Gasteiger charge is 2.49. The van der Waals surface area contributed by atoms with Crippen molar-refractivity contribution in [2.75, 3.05) is 6.61 Å². The average Bonchev–Trinajstić information content (AvgIpc) is 3.74. The maximum absolute atomic E-state index is 13.1. The summed E-state index contributed by atoms with van der Waals surface area (Å²) in [6.07, 6.45) is 3.35. The smallest absolute Gasteiger partial charge is 0.408 e. The van der Waals surface area contributed by atoms with Crippen LogP contribution in [-0.4, -0.2) is 41.3 Å². The van der Waals surface area contributed by atoms with Crippen LogP contribution in [0.3, 0.4) is 0 Å². The molecule has 34 heavy (non-hydrogen) atoms. The summed E-state index contributed by atoms with van der Waals surface area (Å²) in [4.78, 5) is 37.7. The summed E-state index contributed by atoms with van der Waals surface area (Å²) in [5.41, 5.74) is 3.31. The van der Waals surface area contributed by atoms with E-state index in [0.29, 0.717) is 12.3 Å². The van der Waals surface area contributed by atoms with Crippen LogP contribution >= 0.6 is 0 Å². The Morgan fingerprint density at radius 1 is 1.00 bits per heavy atom. The van der Waals surface area contributed by atoms with E-state index in [0.717, 1.165) is 47.9 Å². The first-order valence-corrected chi connectivity index (χ1v) is 12.0. The molecule has 0 heterocycles. The van der Waals surface area contributed by atoms with Crippen molar-refractivity contribution in [3.63, 3.8) is 0 Å². The lowest BCUT2D eigenvalue weighted by Gasteiger charge is -2.31. The van der Waals surface area contributed by atoms with Gasteiger partial charge in [0.15, 0.2) is 0 Å². The minimum atomic E-state index is -1.21. The molecule has 3 N–H and O–H groups in total. The van der Waals surface area contributed by atoms with Gasteiger partial charge in [-0.1, -0.05) is 61.4 Å². The first kappa shape index (κ1) is 22.4. The predicted octanol–water partition coefficient (Wildman–Crippen LogP) is 4.06. The topological polar surface area (TPSA) is 105 Å². The molecule has 2 atom stereocenters. The fourth-order valence-corrected chi connectivity index (χ4v) is 5.07.